The number of esters is 2. The van der Waals surface area contributed by atoms with E-state index in [9.17, 15) is 40.2 Å². The summed E-state index contributed by atoms with van der Waals surface area (Å²) in [6, 6.07) is 6.00. The van der Waals surface area contributed by atoms with Crippen LogP contribution in [0.3, 0.4) is 0 Å². The van der Waals surface area contributed by atoms with Crippen LogP contribution in [0.1, 0.15) is 18.9 Å². The van der Waals surface area contributed by atoms with Crippen molar-refractivity contribution in [2.45, 2.75) is 55.8 Å². The molecule has 2 aliphatic heterocycles. The van der Waals surface area contributed by atoms with Crippen LogP contribution in [0.5, 0.6) is 5.75 Å². The summed E-state index contributed by atoms with van der Waals surface area (Å²) in [5.74, 6) is -3.43. The Bertz CT molecular complexity index is 994. The van der Waals surface area contributed by atoms with Gasteiger partial charge in [0.1, 0.15) is 30.2 Å². The number of phenols is 1. The quantitative estimate of drug-likeness (QED) is 0.174. The lowest BCUT2D eigenvalue weighted by Crippen LogP contribution is -2.60. The first-order chi connectivity index (χ1) is 17.6. The van der Waals surface area contributed by atoms with E-state index >= 15 is 0 Å². The van der Waals surface area contributed by atoms with Crippen LogP contribution in [0.2, 0.25) is 0 Å². The normalized spacial score (nSPS) is 39.5. The van der Waals surface area contributed by atoms with Gasteiger partial charge in [-0.2, -0.15) is 0 Å². The second kappa shape index (κ2) is 11.0. The molecule has 0 aromatic heterocycles. The van der Waals surface area contributed by atoms with Gasteiger partial charge in [0, 0.05) is 12.0 Å². The van der Waals surface area contributed by atoms with Crippen molar-refractivity contribution in [3.05, 3.63) is 35.9 Å². The zero-order valence-corrected chi connectivity index (χ0v) is 20.1. The van der Waals surface area contributed by atoms with E-state index in [0.717, 1.165) is 6.08 Å². The monoisotopic (exact) mass is 524 g/mol. The van der Waals surface area contributed by atoms with E-state index in [2.05, 4.69) is 0 Å². The predicted octanol–water partition coefficient (Wildman–Crippen LogP) is -1.31. The van der Waals surface area contributed by atoms with Crippen molar-refractivity contribution in [1.82, 2.24) is 0 Å². The number of hydrogen-bond acceptors (Lipinski definition) is 12. The van der Waals surface area contributed by atoms with Gasteiger partial charge < -0.3 is 49.6 Å². The molecule has 1 saturated carbocycles. The molecular formula is C25H32O12. The Morgan fingerprint density at radius 1 is 1.19 bits per heavy atom. The fourth-order valence-electron chi connectivity index (χ4n) is 5.35. The molecule has 0 unspecified atom stereocenters. The van der Waals surface area contributed by atoms with E-state index in [1.165, 1.54) is 18.2 Å². The highest BCUT2D eigenvalue weighted by Gasteiger charge is 2.62. The van der Waals surface area contributed by atoms with Crippen LogP contribution in [0.4, 0.5) is 0 Å². The highest BCUT2D eigenvalue weighted by Crippen LogP contribution is 2.50. The molecule has 0 amide bonds. The molecule has 12 nitrogen and oxygen atoms in total. The van der Waals surface area contributed by atoms with Crippen LogP contribution in [0, 0.1) is 17.8 Å². The first-order valence-corrected chi connectivity index (χ1v) is 12.0. The molecule has 12 heteroatoms. The third kappa shape index (κ3) is 5.36. The number of aliphatic hydroxyl groups excluding tert-OH is 4. The Hall–Kier alpha value is -2.58. The number of aliphatic hydroxyl groups is 5. The van der Waals surface area contributed by atoms with E-state index in [-0.39, 0.29) is 18.3 Å². The van der Waals surface area contributed by atoms with Crippen molar-refractivity contribution >= 4 is 18.0 Å². The van der Waals surface area contributed by atoms with Gasteiger partial charge in [-0.25, -0.2) is 4.79 Å². The molecule has 204 valence electrons. The third-order valence-electron chi connectivity index (χ3n) is 7.49. The molecule has 10 atom stereocenters. The maximum Gasteiger partial charge on any atom is 0.331 e. The lowest BCUT2D eigenvalue weighted by Gasteiger charge is -2.41. The fourth-order valence-corrected chi connectivity index (χ4v) is 5.35. The van der Waals surface area contributed by atoms with Gasteiger partial charge in [-0.3, -0.25) is 4.79 Å². The van der Waals surface area contributed by atoms with Gasteiger partial charge in [0.15, 0.2) is 12.4 Å². The van der Waals surface area contributed by atoms with Crippen LogP contribution in [0.15, 0.2) is 30.3 Å². The molecule has 1 aromatic rings. The van der Waals surface area contributed by atoms with E-state index in [1.54, 1.807) is 19.1 Å². The number of carbonyl (C=O) groups is 2. The number of aromatic hydroxyl groups is 1. The second-order valence-electron chi connectivity index (χ2n) is 9.76. The summed E-state index contributed by atoms with van der Waals surface area (Å²) in [7, 11) is 0. The minimum absolute atomic E-state index is 0.0604. The molecule has 1 aliphatic carbocycles. The standard InChI is InChI=1S/C25H32O12/c1-12-8-16-19(25(12,33)11-27)15(23(32)35-16)10-34-24-21(31)20(30)22(17(9-26)36-24)37-18(29)7-4-13-2-5-14(28)6-3-13/h2-7,12,15-17,19-22,24,26-28,30-31,33H,8-11H2,1H3/b7-4+/t12-,15-,16-,17+,19-,20+,21+,22+,24+,25-/m0/s1. The zero-order valence-electron chi connectivity index (χ0n) is 20.1. The number of fused-ring (bicyclic) bond motifs is 1. The highest BCUT2D eigenvalue weighted by atomic mass is 16.7. The Morgan fingerprint density at radius 3 is 2.54 bits per heavy atom. The first kappa shape index (κ1) is 27.5. The summed E-state index contributed by atoms with van der Waals surface area (Å²) < 4.78 is 21.7. The first-order valence-electron chi connectivity index (χ1n) is 12.0. The fraction of sp³-hybridized carbons (Fsp3) is 0.600. The van der Waals surface area contributed by atoms with Crippen molar-refractivity contribution in [2.24, 2.45) is 17.8 Å². The van der Waals surface area contributed by atoms with Gasteiger partial charge in [-0.15, -0.1) is 0 Å². The number of phenolic OH excluding ortho intramolecular Hbond substituents is 1. The number of benzene rings is 1. The number of hydrogen-bond donors (Lipinski definition) is 6. The molecular weight excluding hydrogens is 492 g/mol. The molecule has 1 aromatic carbocycles. The summed E-state index contributed by atoms with van der Waals surface area (Å²) in [6.45, 7) is 0.158. The Morgan fingerprint density at radius 2 is 1.89 bits per heavy atom. The van der Waals surface area contributed by atoms with Crippen LogP contribution >= 0.6 is 0 Å². The maximum atomic E-state index is 12.4. The highest BCUT2D eigenvalue weighted by molar-refractivity contribution is 5.87. The van der Waals surface area contributed by atoms with Crippen LogP contribution in [0.25, 0.3) is 6.08 Å². The molecule has 2 saturated heterocycles. The van der Waals surface area contributed by atoms with Gasteiger partial charge in [0.05, 0.1) is 31.3 Å². The van der Waals surface area contributed by atoms with E-state index in [0.29, 0.717) is 12.0 Å². The Labute approximate surface area is 212 Å². The molecule has 0 bridgehead atoms. The van der Waals surface area contributed by atoms with Gasteiger partial charge in [-0.1, -0.05) is 19.1 Å². The Kier molecular flexibility index (Phi) is 8.19. The maximum absolute atomic E-state index is 12.4. The minimum atomic E-state index is -1.70. The molecule has 0 radical (unpaired) electrons. The molecule has 4 rings (SSSR count). The van der Waals surface area contributed by atoms with E-state index in [1.807, 2.05) is 0 Å². The second-order valence-corrected chi connectivity index (χ2v) is 9.76. The molecule has 2 heterocycles. The van der Waals surface area contributed by atoms with Crippen molar-refractivity contribution in [3.8, 4) is 5.75 Å². The van der Waals surface area contributed by atoms with Crippen LogP contribution in [-0.2, 0) is 28.5 Å². The number of ether oxygens (including phenoxy) is 4. The van der Waals surface area contributed by atoms with E-state index < -0.39 is 79.4 Å². The van der Waals surface area contributed by atoms with Gasteiger partial charge in [-0.05, 0) is 36.1 Å². The number of carbonyl (C=O) groups excluding carboxylic acids is 2. The van der Waals surface area contributed by atoms with Gasteiger partial charge >= 0.3 is 11.9 Å². The predicted molar refractivity (Wildman–Crippen MR) is 123 cm³/mol. The zero-order chi connectivity index (χ0) is 26.9. The summed E-state index contributed by atoms with van der Waals surface area (Å²) >= 11 is 0. The van der Waals surface area contributed by atoms with Gasteiger partial charge in [0.2, 0.25) is 0 Å². The summed E-state index contributed by atoms with van der Waals surface area (Å²) in [5, 5.41) is 61.0. The Balaban J connectivity index is 1.38. The summed E-state index contributed by atoms with van der Waals surface area (Å²) in [6.07, 6.45) is -5.25. The summed E-state index contributed by atoms with van der Waals surface area (Å²) in [5.41, 5.74) is -0.948. The topological polar surface area (TPSA) is 192 Å². The smallest absolute Gasteiger partial charge is 0.331 e. The van der Waals surface area contributed by atoms with Crippen LogP contribution < -0.4 is 0 Å². The average molecular weight is 525 g/mol. The third-order valence-corrected chi connectivity index (χ3v) is 7.49. The van der Waals surface area contributed by atoms with Crippen molar-refractivity contribution in [3.63, 3.8) is 0 Å². The van der Waals surface area contributed by atoms with Crippen LogP contribution in [-0.4, -0.2) is 105 Å². The SMILES string of the molecule is C[C@H]1C[C@@H]2OC(=O)[C@@H](CO[C@@H]3O[C@H](CO)[C@@H](OC(=O)/C=C/c4ccc(O)cc4)[C@H](O)[C@H]3O)[C@@H]2[C@]1(O)CO. The van der Waals surface area contributed by atoms with Crippen molar-refractivity contribution in [2.75, 3.05) is 19.8 Å². The lowest BCUT2D eigenvalue weighted by atomic mass is 9.78. The molecule has 3 fully saturated rings. The largest absolute Gasteiger partial charge is 0.508 e. The molecule has 6 N–H and O–H groups in total. The van der Waals surface area contributed by atoms with Crippen molar-refractivity contribution < 1.29 is 59.2 Å². The average Bonchev–Trinajstić information content (AvgIpc) is 3.32. The molecule has 3 aliphatic rings. The lowest BCUT2D eigenvalue weighted by molar-refractivity contribution is -0.305. The molecule has 0 spiro atoms. The van der Waals surface area contributed by atoms with Crippen molar-refractivity contribution in [1.29, 1.82) is 0 Å². The minimum Gasteiger partial charge on any atom is -0.508 e. The van der Waals surface area contributed by atoms with E-state index in [4.69, 9.17) is 18.9 Å². The molecule has 37 heavy (non-hydrogen) atoms. The number of rotatable bonds is 8. The van der Waals surface area contributed by atoms with Gasteiger partial charge in [0.25, 0.3) is 0 Å². The summed E-state index contributed by atoms with van der Waals surface area (Å²) in [4.78, 5) is 24.7.